The largest absolute Gasteiger partial charge is 0.468 e. The standard InChI is InChI=1S/C15H29BrO2/c1-3-4-5-6-7-8-9-10-11-12-13-14(16)15(17)18-2/h14H,3-13H2,1-2H3/t14-/m0/s1. The van der Waals surface area contributed by atoms with E-state index in [9.17, 15) is 4.79 Å². The van der Waals surface area contributed by atoms with Crippen molar-refractivity contribution in [1.82, 2.24) is 0 Å². The predicted molar refractivity (Wildman–Crippen MR) is 81.2 cm³/mol. The van der Waals surface area contributed by atoms with E-state index >= 15 is 0 Å². The number of hydrogen-bond acceptors (Lipinski definition) is 2. The molecule has 0 saturated heterocycles. The molecule has 108 valence electrons. The van der Waals surface area contributed by atoms with E-state index in [2.05, 4.69) is 27.6 Å². The third kappa shape index (κ3) is 11.1. The van der Waals surface area contributed by atoms with Gasteiger partial charge in [-0.1, -0.05) is 87.1 Å². The summed E-state index contributed by atoms with van der Waals surface area (Å²) >= 11 is 3.35. The van der Waals surface area contributed by atoms with E-state index < -0.39 is 0 Å². The normalized spacial score (nSPS) is 12.4. The molecule has 0 heterocycles. The zero-order valence-corrected chi connectivity index (χ0v) is 13.6. The number of ether oxygens (including phenoxy) is 1. The SMILES string of the molecule is CCCCCCCCCCCC[C@H](Br)C(=O)OC. The van der Waals surface area contributed by atoms with E-state index in [-0.39, 0.29) is 10.8 Å². The van der Waals surface area contributed by atoms with Crippen molar-refractivity contribution in [3.05, 3.63) is 0 Å². The van der Waals surface area contributed by atoms with Crippen LogP contribution < -0.4 is 0 Å². The Labute approximate surface area is 121 Å². The molecule has 1 atom stereocenters. The van der Waals surface area contributed by atoms with Gasteiger partial charge in [-0.2, -0.15) is 0 Å². The first-order chi connectivity index (χ1) is 8.72. The molecule has 0 fully saturated rings. The molecule has 0 amide bonds. The van der Waals surface area contributed by atoms with Crippen molar-refractivity contribution in [2.45, 2.75) is 82.4 Å². The van der Waals surface area contributed by atoms with Crippen LogP contribution in [0.3, 0.4) is 0 Å². The van der Waals surface area contributed by atoms with Gasteiger partial charge in [-0.3, -0.25) is 4.79 Å². The van der Waals surface area contributed by atoms with Crippen LogP contribution in [0.2, 0.25) is 0 Å². The van der Waals surface area contributed by atoms with Crippen LogP contribution >= 0.6 is 15.9 Å². The Bertz CT molecular complexity index is 195. The number of carbonyl (C=O) groups is 1. The van der Waals surface area contributed by atoms with E-state index in [0.29, 0.717) is 0 Å². The highest BCUT2D eigenvalue weighted by Gasteiger charge is 2.13. The second-order valence-electron chi connectivity index (χ2n) is 4.96. The summed E-state index contributed by atoms with van der Waals surface area (Å²) in [6, 6.07) is 0. The Morgan fingerprint density at radius 3 is 1.83 bits per heavy atom. The minimum absolute atomic E-state index is 0.114. The van der Waals surface area contributed by atoms with Gasteiger partial charge in [-0.15, -0.1) is 0 Å². The van der Waals surface area contributed by atoms with Gasteiger partial charge in [-0.05, 0) is 6.42 Å². The smallest absolute Gasteiger partial charge is 0.319 e. The monoisotopic (exact) mass is 320 g/mol. The summed E-state index contributed by atoms with van der Waals surface area (Å²) in [7, 11) is 1.44. The summed E-state index contributed by atoms with van der Waals surface area (Å²) in [5.74, 6) is -0.147. The maximum absolute atomic E-state index is 11.1. The quantitative estimate of drug-likeness (QED) is 0.279. The molecule has 18 heavy (non-hydrogen) atoms. The van der Waals surface area contributed by atoms with Gasteiger partial charge in [0.15, 0.2) is 0 Å². The Hall–Kier alpha value is -0.0500. The Kier molecular flexibility index (Phi) is 13.3. The molecule has 0 saturated carbocycles. The van der Waals surface area contributed by atoms with E-state index in [4.69, 9.17) is 0 Å². The van der Waals surface area contributed by atoms with Crippen LogP contribution in [0, 0.1) is 0 Å². The molecule has 0 aliphatic heterocycles. The maximum Gasteiger partial charge on any atom is 0.319 e. The molecule has 0 aromatic rings. The van der Waals surface area contributed by atoms with Gasteiger partial charge in [-0.25, -0.2) is 0 Å². The zero-order valence-electron chi connectivity index (χ0n) is 12.0. The van der Waals surface area contributed by atoms with Gasteiger partial charge >= 0.3 is 5.97 Å². The highest BCUT2D eigenvalue weighted by atomic mass is 79.9. The van der Waals surface area contributed by atoms with Crippen LogP contribution in [-0.4, -0.2) is 17.9 Å². The van der Waals surface area contributed by atoms with Gasteiger partial charge in [0.1, 0.15) is 4.83 Å². The predicted octanol–water partition coefficient (Wildman–Crippen LogP) is 5.23. The molecule has 0 aliphatic rings. The first-order valence-electron chi connectivity index (χ1n) is 7.44. The number of alkyl halides is 1. The first-order valence-corrected chi connectivity index (χ1v) is 8.35. The molecule has 0 spiro atoms. The van der Waals surface area contributed by atoms with Crippen molar-refractivity contribution in [3.8, 4) is 0 Å². The number of esters is 1. The van der Waals surface area contributed by atoms with Crippen LogP contribution in [0.4, 0.5) is 0 Å². The lowest BCUT2D eigenvalue weighted by Gasteiger charge is -2.07. The number of unbranched alkanes of at least 4 members (excludes halogenated alkanes) is 9. The fraction of sp³-hybridized carbons (Fsp3) is 0.933. The van der Waals surface area contributed by atoms with E-state index in [1.807, 2.05) is 0 Å². The summed E-state index contributed by atoms with van der Waals surface area (Å²) in [5, 5.41) is 0. The van der Waals surface area contributed by atoms with Gasteiger partial charge < -0.3 is 4.74 Å². The summed E-state index contributed by atoms with van der Waals surface area (Å²) in [6.45, 7) is 2.26. The van der Waals surface area contributed by atoms with Gasteiger partial charge in [0.05, 0.1) is 7.11 Å². The number of carbonyl (C=O) groups excluding carboxylic acids is 1. The van der Waals surface area contributed by atoms with Gasteiger partial charge in [0.2, 0.25) is 0 Å². The van der Waals surface area contributed by atoms with Crippen LogP contribution in [0.25, 0.3) is 0 Å². The van der Waals surface area contributed by atoms with Crippen molar-refractivity contribution in [2.75, 3.05) is 7.11 Å². The van der Waals surface area contributed by atoms with Crippen molar-refractivity contribution in [3.63, 3.8) is 0 Å². The minimum atomic E-state index is -0.147. The average Bonchev–Trinajstić information content (AvgIpc) is 2.39. The number of halogens is 1. The van der Waals surface area contributed by atoms with Crippen LogP contribution in [0.5, 0.6) is 0 Å². The summed E-state index contributed by atoms with van der Waals surface area (Å²) in [5.41, 5.74) is 0. The fourth-order valence-electron chi connectivity index (χ4n) is 2.06. The van der Waals surface area contributed by atoms with Crippen LogP contribution in [0.15, 0.2) is 0 Å². The molecule has 0 aromatic heterocycles. The lowest BCUT2D eigenvalue weighted by Crippen LogP contribution is -2.15. The molecule has 0 N–H and O–H groups in total. The molecule has 0 aliphatic carbocycles. The second-order valence-corrected chi connectivity index (χ2v) is 6.07. The number of methoxy groups -OCH3 is 1. The van der Waals surface area contributed by atoms with E-state index in [0.717, 1.165) is 12.8 Å². The third-order valence-corrected chi connectivity index (χ3v) is 4.10. The molecule has 0 unspecified atom stereocenters. The van der Waals surface area contributed by atoms with Gasteiger partial charge in [0.25, 0.3) is 0 Å². The van der Waals surface area contributed by atoms with Crippen molar-refractivity contribution in [1.29, 1.82) is 0 Å². The summed E-state index contributed by atoms with van der Waals surface area (Å²) in [6.07, 6.45) is 14.2. The minimum Gasteiger partial charge on any atom is -0.468 e. The molecule has 0 rings (SSSR count). The number of hydrogen-bond donors (Lipinski definition) is 0. The Morgan fingerprint density at radius 2 is 1.39 bits per heavy atom. The van der Waals surface area contributed by atoms with E-state index in [1.54, 1.807) is 0 Å². The Morgan fingerprint density at radius 1 is 0.944 bits per heavy atom. The average molecular weight is 321 g/mol. The third-order valence-electron chi connectivity index (χ3n) is 3.27. The summed E-state index contributed by atoms with van der Waals surface area (Å²) < 4.78 is 4.67. The van der Waals surface area contributed by atoms with Crippen LogP contribution in [0.1, 0.15) is 77.6 Å². The fourth-order valence-corrected chi connectivity index (χ4v) is 2.57. The lowest BCUT2D eigenvalue weighted by atomic mass is 10.1. The first kappa shape index (κ1) is 17.9. The highest BCUT2D eigenvalue weighted by Crippen LogP contribution is 2.15. The maximum atomic E-state index is 11.1. The molecule has 3 heteroatoms. The van der Waals surface area contributed by atoms with Crippen molar-refractivity contribution >= 4 is 21.9 Å². The van der Waals surface area contributed by atoms with Crippen LogP contribution in [-0.2, 0) is 9.53 Å². The number of rotatable bonds is 12. The topological polar surface area (TPSA) is 26.3 Å². The molecule has 2 nitrogen and oxygen atoms in total. The Balaban J connectivity index is 3.14. The van der Waals surface area contributed by atoms with Crippen molar-refractivity contribution < 1.29 is 9.53 Å². The van der Waals surface area contributed by atoms with E-state index in [1.165, 1.54) is 64.9 Å². The molecule has 0 radical (unpaired) electrons. The van der Waals surface area contributed by atoms with Crippen molar-refractivity contribution in [2.24, 2.45) is 0 Å². The van der Waals surface area contributed by atoms with Gasteiger partial charge in [0, 0.05) is 0 Å². The summed E-state index contributed by atoms with van der Waals surface area (Å²) in [4.78, 5) is 11.0. The lowest BCUT2D eigenvalue weighted by molar-refractivity contribution is -0.139. The molecular weight excluding hydrogens is 292 g/mol. The molecular formula is C15H29BrO2. The highest BCUT2D eigenvalue weighted by molar-refractivity contribution is 9.10. The second kappa shape index (κ2) is 13.4. The molecule has 0 aromatic carbocycles. The molecule has 0 bridgehead atoms. The zero-order chi connectivity index (χ0) is 13.6.